The summed E-state index contributed by atoms with van der Waals surface area (Å²) in [5, 5.41) is 5.68. The van der Waals surface area contributed by atoms with Crippen molar-refractivity contribution in [3.8, 4) is 0 Å². The Labute approximate surface area is 226 Å². The molecule has 0 aliphatic heterocycles. The van der Waals surface area contributed by atoms with Gasteiger partial charge in [-0.1, -0.05) is 55.0 Å². The minimum atomic E-state index is -0.998. The Balaban J connectivity index is 2.59. The van der Waals surface area contributed by atoms with E-state index in [2.05, 4.69) is 23.3 Å². The molecule has 2 rings (SSSR count). The predicted octanol–water partition coefficient (Wildman–Crippen LogP) is 5.82. The molecule has 2 unspecified atom stereocenters. The summed E-state index contributed by atoms with van der Waals surface area (Å²) in [5.41, 5.74) is 1.76. The molecule has 0 aromatic heterocycles. The molecule has 2 aromatic carbocycles. The topological polar surface area (TPSA) is 87.7 Å². The number of nitrogens with zero attached hydrogens (tertiary/aromatic N) is 1. The summed E-state index contributed by atoms with van der Waals surface area (Å²) < 4.78 is 5.38. The maximum Gasteiger partial charge on any atom is 0.408 e. The molecule has 37 heavy (non-hydrogen) atoms. The van der Waals surface area contributed by atoms with Crippen molar-refractivity contribution in [1.29, 1.82) is 0 Å². The lowest BCUT2D eigenvalue weighted by molar-refractivity contribution is -0.147. The Kier molecular flexibility index (Phi) is 10.2. The number of hydrogen-bond donors (Lipinski definition) is 3. The molecular weight excluding hydrogens is 486 g/mol. The first kappa shape index (κ1) is 30.2. The van der Waals surface area contributed by atoms with Crippen molar-refractivity contribution in [3.05, 3.63) is 65.2 Å². The van der Waals surface area contributed by atoms with Crippen LogP contribution in [-0.2, 0) is 14.3 Å². The van der Waals surface area contributed by atoms with Crippen molar-refractivity contribution in [1.82, 2.24) is 10.2 Å². The Hall–Kier alpha value is -3.00. The summed E-state index contributed by atoms with van der Waals surface area (Å²) in [6.07, 6.45) is -0.143. The van der Waals surface area contributed by atoms with Crippen molar-refractivity contribution in [2.75, 3.05) is 11.1 Å². The second-order valence-corrected chi connectivity index (χ2v) is 11.2. The molecule has 0 radical (unpaired) electrons. The summed E-state index contributed by atoms with van der Waals surface area (Å²) in [7, 11) is 0. The first-order valence-electron chi connectivity index (χ1n) is 12.6. The maximum absolute atomic E-state index is 14.1. The number of para-hydroxylation sites is 1. The molecule has 0 heterocycles. The molecule has 2 aromatic rings. The average molecular weight is 528 g/mol. The number of thiol groups is 1. The molecule has 0 aliphatic rings. The van der Waals surface area contributed by atoms with Gasteiger partial charge in [-0.25, -0.2) is 4.79 Å². The van der Waals surface area contributed by atoms with Crippen LogP contribution in [-0.4, -0.2) is 45.7 Å². The van der Waals surface area contributed by atoms with E-state index in [1.54, 1.807) is 25.7 Å². The van der Waals surface area contributed by atoms with Gasteiger partial charge in [-0.2, -0.15) is 12.6 Å². The fourth-order valence-corrected chi connectivity index (χ4v) is 4.17. The van der Waals surface area contributed by atoms with E-state index in [4.69, 9.17) is 4.74 Å². The van der Waals surface area contributed by atoms with E-state index in [1.807, 2.05) is 83.1 Å². The lowest BCUT2D eigenvalue weighted by Crippen LogP contribution is -2.59. The third kappa shape index (κ3) is 8.25. The van der Waals surface area contributed by atoms with Crippen LogP contribution < -0.4 is 10.6 Å². The van der Waals surface area contributed by atoms with Gasteiger partial charge in [0.2, 0.25) is 5.91 Å². The van der Waals surface area contributed by atoms with Crippen molar-refractivity contribution in [2.45, 2.75) is 85.0 Å². The van der Waals surface area contributed by atoms with E-state index >= 15 is 0 Å². The van der Waals surface area contributed by atoms with Crippen LogP contribution in [0.2, 0.25) is 0 Å². The molecule has 2 N–H and O–H groups in total. The third-order valence-corrected chi connectivity index (χ3v) is 6.56. The van der Waals surface area contributed by atoms with Gasteiger partial charge < -0.3 is 20.3 Å². The van der Waals surface area contributed by atoms with E-state index in [0.717, 1.165) is 11.1 Å². The van der Waals surface area contributed by atoms with Crippen molar-refractivity contribution < 1.29 is 19.1 Å². The molecule has 0 bridgehead atoms. The summed E-state index contributed by atoms with van der Waals surface area (Å²) in [4.78, 5) is 42.2. The third-order valence-electron chi connectivity index (χ3n) is 6.19. The van der Waals surface area contributed by atoms with Gasteiger partial charge >= 0.3 is 6.09 Å². The zero-order chi connectivity index (χ0) is 28.0. The highest BCUT2D eigenvalue weighted by atomic mass is 32.1. The second kappa shape index (κ2) is 12.5. The Morgan fingerprint density at radius 1 is 1.00 bits per heavy atom. The normalized spacial score (nSPS) is 13.3. The Morgan fingerprint density at radius 2 is 1.65 bits per heavy atom. The number of amides is 3. The van der Waals surface area contributed by atoms with Crippen LogP contribution in [0.15, 0.2) is 48.5 Å². The van der Waals surface area contributed by atoms with Crippen molar-refractivity contribution in [3.63, 3.8) is 0 Å². The lowest BCUT2D eigenvalue weighted by Gasteiger charge is -2.44. The minimum absolute atomic E-state index is 0.0360. The van der Waals surface area contributed by atoms with Gasteiger partial charge in [0.25, 0.3) is 5.91 Å². The molecule has 3 amide bonds. The van der Waals surface area contributed by atoms with Gasteiger partial charge in [-0.3, -0.25) is 9.59 Å². The van der Waals surface area contributed by atoms with Crippen LogP contribution in [0.5, 0.6) is 0 Å². The van der Waals surface area contributed by atoms with E-state index < -0.39 is 35.2 Å². The number of benzene rings is 2. The van der Waals surface area contributed by atoms with Gasteiger partial charge in [-0.15, -0.1) is 0 Å². The molecule has 0 aliphatic carbocycles. The highest BCUT2D eigenvalue weighted by molar-refractivity contribution is 7.80. The SMILES string of the molecule is CCC(C)(C)N(C(=O)C(CS)NC(=O)OC(C)(C)C)C(C(=O)Nc1ccccc1C)c1cccc(C)c1. The van der Waals surface area contributed by atoms with Crippen LogP contribution in [0, 0.1) is 13.8 Å². The van der Waals surface area contributed by atoms with Gasteiger partial charge in [0.1, 0.15) is 17.7 Å². The monoisotopic (exact) mass is 527 g/mol. The maximum atomic E-state index is 14.1. The summed E-state index contributed by atoms with van der Waals surface area (Å²) in [5.74, 6) is -0.724. The van der Waals surface area contributed by atoms with Crippen molar-refractivity contribution >= 4 is 36.2 Å². The molecule has 0 saturated carbocycles. The number of ether oxygens (including phenoxy) is 1. The van der Waals surface area contributed by atoms with Crippen molar-refractivity contribution in [2.24, 2.45) is 0 Å². The van der Waals surface area contributed by atoms with Gasteiger partial charge in [0.05, 0.1) is 0 Å². The van der Waals surface area contributed by atoms with Gasteiger partial charge in [-0.05, 0) is 72.1 Å². The van der Waals surface area contributed by atoms with Crippen LogP contribution >= 0.6 is 12.6 Å². The molecular formula is C29H41N3O4S. The summed E-state index contributed by atoms with van der Waals surface area (Å²) >= 11 is 4.36. The fourth-order valence-electron chi connectivity index (χ4n) is 3.92. The number of aryl methyl sites for hydroxylation is 2. The van der Waals surface area contributed by atoms with E-state index in [0.29, 0.717) is 17.7 Å². The van der Waals surface area contributed by atoms with Crippen LogP contribution in [0.4, 0.5) is 10.5 Å². The zero-order valence-electron chi connectivity index (χ0n) is 23.2. The first-order valence-corrected chi connectivity index (χ1v) is 13.2. The average Bonchev–Trinajstić information content (AvgIpc) is 2.80. The zero-order valence-corrected chi connectivity index (χ0v) is 24.1. The van der Waals surface area contributed by atoms with Gasteiger partial charge in [0, 0.05) is 17.0 Å². The van der Waals surface area contributed by atoms with E-state index in [9.17, 15) is 14.4 Å². The number of nitrogens with one attached hydrogen (secondary N) is 2. The standard InChI is InChI=1S/C29H41N3O4S/c1-9-29(7,8)32(26(34)23(18-37)31-27(35)36-28(4,5)6)24(21-15-12-13-19(2)17-21)25(33)30-22-16-11-10-14-20(22)3/h10-17,23-24,37H,9,18H2,1-8H3,(H,30,33)(H,31,35). The number of carbonyl (C=O) groups excluding carboxylic acids is 3. The molecule has 8 heteroatoms. The van der Waals surface area contributed by atoms with Crippen LogP contribution in [0.25, 0.3) is 0 Å². The highest BCUT2D eigenvalue weighted by Gasteiger charge is 2.43. The summed E-state index contributed by atoms with van der Waals surface area (Å²) in [6.45, 7) is 14.9. The second-order valence-electron chi connectivity index (χ2n) is 10.9. The fraction of sp³-hybridized carbons (Fsp3) is 0.483. The predicted molar refractivity (Wildman–Crippen MR) is 152 cm³/mol. The molecule has 0 fully saturated rings. The number of anilines is 1. The molecule has 7 nitrogen and oxygen atoms in total. The molecule has 2 atom stereocenters. The Bertz CT molecular complexity index is 1110. The highest BCUT2D eigenvalue weighted by Crippen LogP contribution is 2.33. The molecule has 0 spiro atoms. The first-order chi connectivity index (χ1) is 17.2. The Morgan fingerprint density at radius 3 is 2.19 bits per heavy atom. The lowest BCUT2D eigenvalue weighted by atomic mass is 9.91. The van der Waals surface area contributed by atoms with E-state index in [-0.39, 0.29) is 11.7 Å². The number of carbonyl (C=O) groups is 3. The van der Waals surface area contributed by atoms with Crippen LogP contribution in [0.1, 0.15) is 70.7 Å². The summed E-state index contributed by atoms with van der Waals surface area (Å²) in [6, 6.07) is 13.1. The smallest absolute Gasteiger partial charge is 0.408 e. The number of hydrogen-bond acceptors (Lipinski definition) is 5. The quantitative estimate of drug-likeness (QED) is 0.359. The van der Waals surface area contributed by atoms with Gasteiger partial charge in [0.15, 0.2) is 0 Å². The molecule has 0 saturated heterocycles. The number of alkyl carbamates (subject to hydrolysis) is 1. The molecule has 202 valence electrons. The van der Waals surface area contributed by atoms with E-state index in [1.165, 1.54) is 0 Å². The number of rotatable bonds is 9. The minimum Gasteiger partial charge on any atom is -0.444 e. The largest absolute Gasteiger partial charge is 0.444 e. The van der Waals surface area contributed by atoms with Crippen LogP contribution in [0.3, 0.4) is 0 Å².